The molecule has 2 rings (SSSR count). The van der Waals surface area contributed by atoms with E-state index in [1.54, 1.807) is 0 Å². The molecule has 1 aliphatic rings. The van der Waals surface area contributed by atoms with Gasteiger partial charge in [-0.1, -0.05) is 32.0 Å². The van der Waals surface area contributed by atoms with Crippen molar-refractivity contribution in [1.29, 1.82) is 0 Å². The monoisotopic (exact) mass is 249 g/mol. The van der Waals surface area contributed by atoms with Gasteiger partial charge >= 0.3 is 0 Å². The summed E-state index contributed by atoms with van der Waals surface area (Å²) < 4.78 is 0. The first kappa shape index (κ1) is 13.0. The van der Waals surface area contributed by atoms with Crippen molar-refractivity contribution in [2.45, 2.75) is 55.7 Å². The van der Waals surface area contributed by atoms with Crippen LogP contribution in [-0.4, -0.2) is 17.3 Å². The van der Waals surface area contributed by atoms with Crippen LogP contribution in [0, 0.1) is 0 Å². The second-order valence-corrected chi connectivity index (χ2v) is 6.54. The van der Waals surface area contributed by atoms with Crippen LogP contribution < -0.4 is 5.32 Å². The molecule has 0 aromatic heterocycles. The maximum absolute atomic E-state index is 3.75. The van der Waals surface area contributed by atoms with Gasteiger partial charge in [0.1, 0.15) is 0 Å². The largest absolute Gasteiger partial charge is 0.310 e. The summed E-state index contributed by atoms with van der Waals surface area (Å²) in [6.07, 6.45) is 3.62. The van der Waals surface area contributed by atoms with Crippen LogP contribution >= 0.6 is 11.8 Å². The number of benzene rings is 1. The molecule has 1 aromatic carbocycles. The van der Waals surface area contributed by atoms with Crippen LogP contribution in [0.1, 0.15) is 39.2 Å². The number of rotatable bonds is 5. The van der Waals surface area contributed by atoms with E-state index in [1.165, 1.54) is 29.7 Å². The Bertz CT molecular complexity index is 346. The van der Waals surface area contributed by atoms with Crippen molar-refractivity contribution < 1.29 is 0 Å². The zero-order chi connectivity index (χ0) is 12.3. The molecule has 94 valence electrons. The molecule has 0 radical (unpaired) electrons. The summed E-state index contributed by atoms with van der Waals surface area (Å²) in [7, 11) is 0. The molecule has 1 aliphatic heterocycles. The number of hydrogen-bond acceptors (Lipinski definition) is 2. The van der Waals surface area contributed by atoms with Crippen molar-refractivity contribution in [3.63, 3.8) is 0 Å². The van der Waals surface area contributed by atoms with Gasteiger partial charge in [0.2, 0.25) is 0 Å². The minimum atomic E-state index is 0.315. The van der Waals surface area contributed by atoms with E-state index in [0.29, 0.717) is 10.8 Å². The van der Waals surface area contributed by atoms with Crippen molar-refractivity contribution >= 4 is 11.8 Å². The Labute approximate surface area is 109 Å². The van der Waals surface area contributed by atoms with Crippen molar-refractivity contribution in [1.82, 2.24) is 5.32 Å². The third kappa shape index (κ3) is 3.05. The first-order valence-corrected chi connectivity index (χ1v) is 7.54. The minimum absolute atomic E-state index is 0.315. The molecule has 0 saturated heterocycles. The fourth-order valence-corrected chi connectivity index (χ4v) is 3.48. The van der Waals surface area contributed by atoms with Gasteiger partial charge in [0, 0.05) is 22.2 Å². The van der Waals surface area contributed by atoms with Crippen LogP contribution in [0.4, 0.5) is 0 Å². The summed E-state index contributed by atoms with van der Waals surface area (Å²) in [5.41, 5.74) is 1.84. The molecule has 0 bridgehead atoms. The predicted octanol–water partition coefficient (Wildman–Crippen LogP) is 3.87. The Morgan fingerprint density at radius 3 is 2.65 bits per heavy atom. The van der Waals surface area contributed by atoms with E-state index >= 15 is 0 Å². The van der Waals surface area contributed by atoms with Crippen LogP contribution in [0.15, 0.2) is 29.2 Å². The van der Waals surface area contributed by atoms with Crippen LogP contribution in [0.25, 0.3) is 0 Å². The average Bonchev–Trinajstić information content (AvgIpc) is 2.79. The molecule has 0 amide bonds. The molecule has 17 heavy (non-hydrogen) atoms. The zero-order valence-electron chi connectivity index (χ0n) is 11.1. The number of nitrogens with one attached hydrogen (secondary N) is 1. The third-order valence-corrected chi connectivity index (χ3v) is 5.35. The molecule has 1 atom stereocenters. The van der Waals surface area contributed by atoms with Crippen molar-refractivity contribution in [3.8, 4) is 0 Å². The van der Waals surface area contributed by atoms with Gasteiger partial charge in [-0.3, -0.25) is 0 Å². The molecular weight excluding hydrogens is 226 g/mol. The summed E-state index contributed by atoms with van der Waals surface area (Å²) in [5.74, 6) is 0. The normalized spacial score (nSPS) is 19.4. The van der Waals surface area contributed by atoms with Gasteiger partial charge in [-0.05, 0) is 37.8 Å². The lowest BCUT2D eigenvalue weighted by Gasteiger charge is -2.29. The maximum Gasteiger partial charge on any atom is 0.0260 e. The van der Waals surface area contributed by atoms with Crippen LogP contribution in [-0.2, 0) is 6.42 Å². The molecule has 0 saturated carbocycles. The van der Waals surface area contributed by atoms with Gasteiger partial charge < -0.3 is 5.32 Å². The molecule has 0 aliphatic carbocycles. The van der Waals surface area contributed by atoms with E-state index in [9.17, 15) is 0 Å². The fraction of sp³-hybridized carbons (Fsp3) is 0.600. The fourth-order valence-electron chi connectivity index (χ4n) is 2.23. The zero-order valence-corrected chi connectivity index (χ0v) is 11.9. The van der Waals surface area contributed by atoms with E-state index in [0.717, 1.165) is 6.54 Å². The van der Waals surface area contributed by atoms with Gasteiger partial charge in [0.15, 0.2) is 0 Å². The Kier molecular flexibility index (Phi) is 4.16. The Balaban J connectivity index is 1.88. The van der Waals surface area contributed by atoms with Crippen LogP contribution in [0.5, 0.6) is 0 Å². The molecule has 2 heteroatoms. The SMILES string of the molecule is CCC(C)(CC)NCC1Cc2ccccc2S1. The highest BCUT2D eigenvalue weighted by Gasteiger charge is 2.25. The predicted molar refractivity (Wildman–Crippen MR) is 76.8 cm³/mol. The second-order valence-electron chi connectivity index (χ2n) is 5.20. The number of thioether (sulfide) groups is 1. The first-order chi connectivity index (χ1) is 8.17. The molecule has 1 heterocycles. The maximum atomic E-state index is 3.75. The van der Waals surface area contributed by atoms with Gasteiger partial charge in [-0.15, -0.1) is 11.8 Å². The average molecular weight is 249 g/mol. The number of fused-ring (bicyclic) bond motifs is 1. The van der Waals surface area contributed by atoms with E-state index in [-0.39, 0.29) is 0 Å². The summed E-state index contributed by atoms with van der Waals surface area (Å²) in [4.78, 5) is 1.48. The molecule has 0 spiro atoms. The van der Waals surface area contributed by atoms with E-state index in [2.05, 4.69) is 50.4 Å². The van der Waals surface area contributed by atoms with Crippen molar-refractivity contribution in [3.05, 3.63) is 29.8 Å². The van der Waals surface area contributed by atoms with Crippen molar-refractivity contribution in [2.75, 3.05) is 6.54 Å². The summed E-state index contributed by atoms with van der Waals surface area (Å²) >= 11 is 2.04. The smallest absolute Gasteiger partial charge is 0.0260 e. The molecule has 1 aromatic rings. The Morgan fingerprint density at radius 2 is 2.00 bits per heavy atom. The third-order valence-electron chi connectivity index (χ3n) is 4.03. The molecule has 1 unspecified atom stereocenters. The van der Waals surface area contributed by atoms with E-state index in [4.69, 9.17) is 0 Å². The van der Waals surface area contributed by atoms with Gasteiger partial charge in [-0.2, -0.15) is 0 Å². The second kappa shape index (κ2) is 5.45. The standard InChI is InChI=1S/C15H23NS/c1-4-15(3,5-2)16-11-13-10-12-8-6-7-9-14(12)17-13/h6-9,13,16H,4-5,10-11H2,1-3H3. The van der Waals surface area contributed by atoms with Gasteiger partial charge in [0.05, 0.1) is 0 Å². The summed E-state index contributed by atoms with van der Waals surface area (Å²) in [5, 5.41) is 4.46. The lowest BCUT2D eigenvalue weighted by Crippen LogP contribution is -2.44. The van der Waals surface area contributed by atoms with Gasteiger partial charge in [0.25, 0.3) is 0 Å². The lowest BCUT2D eigenvalue weighted by molar-refractivity contribution is 0.333. The van der Waals surface area contributed by atoms with E-state index < -0.39 is 0 Å². The highest BCUT2D eigenvalue weighted by molar-refractivity contribution is 8.00. The summed E-state index contributed by atoms with van der Waals surface area (Å²) in [6, 6.07) is 8.81. The highest BCUT2D eigenvalue weighted by Crippen LogP contribution is 2.36. The summed E-state index contributed by atoms with van der Waals surface area (Å²) in [6.45, 7) is 8.00. The first-order valence-electron chi connectivity index (χ1n) is 6.66. The molecule has 1 N–H and O–H groups in total. The topological polar surface area (TPSA) is 12.0 Å². The molecule has 1 nitrogen and oxygen atoms in total. The Hall–Kier alpha value is -0.470. The quantitative estimate of drug-likeness (QED) is 0.850. The van der Waals surface area contributed by atoms with Gasteiger partial charge in [-0.25, -0.2) is 0 Å². The van der Waals surface area contributed by atoms with Crippen LogP contribution in [0.2, 0.25) is 0 Å². The Morgan fingerprint density at radius 1 is 1.29 bits per heavy atom. The molecular formula is C15H23NS. The van der Waals surface area contributed by atoms with Crippen LogP contribution in [0.3, 0.4) is 0 Å². The minimum Gasteiger partial charge on any atom is -0.310 e. The highest BCUT2D eigenvalue weighted by atomic mass is 32.2. The molecule has 0 fully saturated rings. The van der Waals surface area contributed by atoms with E-state index in [1.807, 2.05) is 11.8 Å². The van der Waals surface area contributed by atoms with Crippen molar-refractivity contribution in [2.24, 2.45) is 0 Å². The number of hydrogen-bond donors (Lipinski definition) is 1. The lowest BCUT2D eigenvalue weighted by atomic mass is 9.95.